The van der Waals surface area contributed by atoms with Crippen LogP contribution in [0.1, 0.15) is 63.0 Å². The van der Waals surface area contributed by atoms with Crippen LogP contribution in [0.25, 0.3) is 5.57 Å². The maximum absolute atomic E-state index is 14.2. The maximum Gasteiger partial charge on any atom is 0.243 e. The summed E-state index contributed by atoms with van der Waals surface area (Å²) in [5, 5.41) is 24.1. The molecule has 2 aliphatic rings. The zero-order chi connectivity index (χ0) is 39.1. The van der Waals surface area contributed by atoms with Crippen molar-refractivity contribution in [3.05, 3.63) is 47.6 Å². The smallest absolute Gasteiger partial charge is 0.243 e. The molecule has 1 unspecified atom stereocenters. The second-order valence-corrected chi connectivity index (χ2v) is 13.6. The number of hydrogen-bond acceptors (Lipinski definition) is 11. The molecule has 6 amide bonds. The number of nitrogens with one attached hydrogen (secondary N) is 5. The molecule has 0 aromatic heterocycles. The number of amides is 6. The Balaban J connectivity index is 1.99. The summed E-state index contributed by atoms with van der Waals surface area (Å²) in [6, 6.07) is -0.662. The molecule has 0 spiro atoms. The Morgan fingerprint density at radius 2 is 1.66 bits per heavy atom. The van der Waals surface area contributed by atoms with Crippen LogP contribution in [-0.2, 0) is 35.2 Å². The molecule has 1 aliphatic heterocycles. The lowest BCUT2D eigenvalue weighted by atomic mass is 9.81. The van der Waals surface area contributed by atoms with Gasteiger partial charge in [-0.25, -0.2) is 0 Å². The van der Waals surface area contributed by atoms with Crippen LogP contribution in [0.3, 0.4) is 0 Å². The quantitative estimate of drug-likeness (QED) is 0.0851. The van der Waals surface area contributed by atoms with E-state index in [1.807, 2.05) is 25.2 Å². The summed E-state index contributed by atoms with van der Waals surface area (Å²) in [7, 11) is 0. The molecule has 17 nitrogen and oxygen atoms in total. The van der Waals surface area contributed by atoms with Crippen LogP contribution >= 0.6 is 0 Å². The lowest BCUT2D eigenvalue weighted by Gasteiger charge is -2.30. The van der Waals surface area contributed by atoms with Gasteiger partial charge in [0.05, 0.1) is 6.04 Å². The SMILES string of the molecule is CC1C=CC2=C[C@@H]1C[C@@H](C(=O)N[C@H](CCCN)C(=O)N[C@H](CCC(N)=O)C(=O)NCCN)NC(=O)[C@H](CCCN)NC(=O)[C@@H](N)Cc1cc2ccc1O. The van der Waals surface area contributed by atoms with Crippen LogP contribution in [0.15, 0.2) is 36.4 Å². The highest BCUT2D eigenvalue weighted by atomic mass is 16.3. The Kier molecular flexibility index (Phi) is 16.9. The predicted molar refractivity (Wildman–Crippen MR) is 199 cm³/mol. The van der Waals surface area contributed by atoms with Gasteiger partial charge in [0, 0.05) is 25.9 Å². The van der Waals surface area contributed by atoms with Crippen molar-refractivity contribution in [2.75, 3.05) is 26.2 Å². The lowest BCUT2D eigenvalue weighted by molar-refractivity contribution is -0.135. The normalized spacial score (nSPS) is 22.8. The summed E-state index contributed by atoms with van der Waals surface area (Å²) < 4.78 is 0. The monoisotopic (exact) mass is 740 g/mol. The van der Waals surface area contributed by atoms with E-state index in [-0.39, 0.29) is 82.3 Å². The van der Waals surface area contributed by atoms with Crippen LogP contribution in [-0.4, -0.2) is 96.9 Å². The molecule has 7 atom stereocenters. The summed E-state index contributed by atoms with van der Waals surface area (Å²) in [4.78, 5) is 79.3. The molecule has 1 aromatic carbocycles. The molecule has 3 rings (SSSR count). The summed E-state index contributed by atoms with van der Waals surface area (Å²) in [6.07, 6.45) is 6.73. The second kappa shape index (κ2) is 21.0. The Hall–Kier alpha value is -4.84. The van der Waals surface area contributed by atoms with Gasteiger partial charge in [0.1, 0.15) is 29.9 Å². The number of rotatable bonds is 16. The number of fused-ring (bicyclic) bond motifs is 4. The molecule has 16 N–H and O–H groups in total. The molecule has 0 saturated heterocycles. The van der Waals surface area contributed by atoms with Crippen LogP contribution in [0, 0.1) is 11.8 Å². The highest BCUT2D eigenvalue weighted by Crippen LogP contribution is 2.33. The van der Waals surface area contributed by atoms with Gasteiger partial charge in [0.2, 0.25) is 35.4 Å². The van der Waals surface area contributed by atoms with E-state index in [0.717, 1.165) is 11.1 Å². The molecule has 0 fully saturated rings. The fourth-order valence-corrected chi connectivity index (χ4v) is 6.22. The average molecular weight is 741 g/mol. The van der Waals surface area contributed by atoms with E-state index in [1.165, 1.54) is 6.07 Å². The fourth-order valence-electron chi connectivity index (χ4n) is 6.22. The van der Waals surface area contributed by atoms with E-state index >= 15 is 0 Å². The van der Waals surface area contributed by atoms with Gasteiger partial charge in [-0.1, -0.05) is 31.2 Å². The predicted octanol–water partition coefficient (Wildman–Crippen LogP) is -2.37. The molecule has 0 saturated carbocycles. The van der Waals surface area contributed by atoms with E-state index in [4.69, 9.17) is 28.7 Å². The minimum Gasteiger partial charge on any atom is -0.508 e. The summed E-state index contributed by atoms with van der Waals surface area (Å²) in [6.45, 7) is 2.69. The number of benzene rings is 1. The average Bonchev–Trinajstić information content (AvgIpc) is 3.13. The Morgan fingerprint density at radius 1 is 0.943 bits per heavy atom. The van der Waals surface area contributed by atoms with Crippen molar-refractivity contribution in [3.63, 3.8) is 0 Å². The third-order valence-corrected chi connectivity index (χ3v) is 9.39. The number of carbonyl (C=O) groups is 6. The van der Waals surface area contributed by atoms with Gasteiger partial charge in [-0.15, -0.1) is 0 Å². The molecule has 1 aliphatic carbocycles. The van der Waals surface area contributed by atoms with Crippen LogP contribution in [0.2, 0.25) is 0 Å². The van der Waals surface area contributed by atoms with E-state index in [9.17, 15) is 33.9 Å². The lowest BCUT2D eigenvalue weighted by Crippen LogP contribution is -2.59. The van der Waals surface area contributed by atoms with Crippen molar-refractivity contribution in [2.45, 2.75) is 88.5 Å². The first-order chi connectivity index (χ1) is 25.3. The maximum atomic E-state index is 14.2. The number of aromatic hydroxyl groups is 1. The van der Waals surface area contributed by atoms with Gasteiger partial charge in [-0.2, -0.15) is 0 Å². The van der Waals surface area contributed by atoms with Gasteiger partial charge < -0.3 is 60.4 Å². The Bertz CT molecular complexity index is 1530. The largest absolute Gasteiger partial charge is 0.508 e. The number of phenolic OH excluding ortho intramolecular Hbond substituents is 1. The van der Waals surface area contributed by atoms with Crippen LogP contribution in [0.4, 0.5) is 0 Å². The zero-order valence-electron chi connectivity index (χ0n) is 30.3. The number of primary amides is 1. The molecule has 4 bridgehead atoms. The first-order valence-corrected chi connectivity index (χ1v) is 18.1. The van der Waals surface area contributed by atoms with Gasteiger partial charge in [-0.3, -0.25) is 28.8 Å². The molecule has 292 valence electrons. The topological polar surface area (TPSA) is 313 Å². The molecule has 17 heteroatoms. The number of phenols is 1. The molecular weight excluding hydrogens is 684 g/mol. The Morgan fingerprint density at radius 3 is 2.34 bits per heavy atom. The third-order valence-electron chi connectivity index (χ3n) is 9.39. The number of nitrogens with two attached hydrogens (primary N) is 5. The molecule has 1 heterocycles. The summed E-state index contributed by atoms with van der Waals surface area (Å²) in [5.41, 5.74) is 30.6. The minimum atomic E-state index is -1.18. The first-order valence-electron chi connectivity index (χ1n) is 18.1. The van der Waals surface area contributed by atoms with Crippen molar-refractivity contribution < 1.29 is 33.9 Å². The van der Waals surface area contributed by atoms with E-state index in [2.05, 4.69) is 26.6 Å². The molecule has 0 radical (unpaired) electrons. The van der Waals surface area contributed by atoms with Gasteiger partial charge >= 0.3 is 0 Å². The van der Waals surface area contributed by atoms with Crippen LogP contribution < -0.4 is 55.3 Å². The van der Waals surface area contributed by atoms with Gasteiger partial charge in [0.15, 0.2) is 0 Å². The Labute approximate surface area is 309 Å². The number of hydrogen-bond donors (Lipinski definition) is 11. The van der Waals surface area contributed by atoms with Crippen molar-refractivity contribution in [1.29, 1.82) is 0 Å². The highest BCUT2D eigenvalue weighted by Gasteiger charge is 2.34. The fraction of sp³-hybridized carbons (Fsp3) is 0.556. The highest BCUT2D eigenvalue weighted by molar-refractivity contribution is 5.96. The van der Waals surface area contributed by atoms with Gasteiger partial charge in [0.25, 0.3) is 0 Å². The summed E-state index contributed by atoms with van der Waals surface area (Å²) >= 11 is 0. The number of allylic oxidation sites excluding steroid dienone is 4. The van der Waals surface area contributed by atoms with Gasteiger partial charge in [-0.05, 0) is 92.3 Å². The first kappa shape index (κ1) is 42.6. The van der Waals surface area contributed by atoms with Crippen molar-refractivity contribution >= 4 is 41.0 Å². The number of carbonyl (C=O) groups excluding carboxylic acids is 6. The van der Waals surface area contributed by atoms with E-state index < -0.39 is 65.7 Å². The minimum absolute atomic E-state index is 0.00289. The van der Waals surface area contributed by atoms with Crippen molar-refractivity contribution in [3.8, 4) is 5.75 Å². The second-order valence-electron chi connectivity index (χ2n) is 13.6. The van der Waals surface area contributed by atoms with Crippen molar-refractivity contribution in [2.24, 2.45) is 40.5 Å². The zero-order valence-corrected chi connectivity index (χ0v) is 30.3. The van der Waals surface area contributed by atoms with Crippen LogP contribution in [0.5, 0.6) is 5.75 Å². The molecular formula is C36H56N10O7. The summed E-state index contributed by atoms with van der Waals surface area (Å²) in [5.74, 6) is -4.25. The standard InChI is InChI=1S/C36H56N10O7/c1-20-6-7-21-16-23(20)19-29(36(53)44-27(5-3-13-38)34(51)45-28(9-11-31(41)48)33(50)42-15-14-39)46-35(52)26(4-2-12-37)43-32(49)25(40)18-24-17-22(21)8-10-30(24)47/h6-8,10,16-17,20,23,25-29,47H,2-5,9,11-15,18-19,37-40H2,1H3,(H2,41,48)(H,42,50)(H,43,49)(H,44,53)(H,45,51)(H,46,52)/t20?,23-,25+,26+,27-,28-,29+/m1/s1. The van der Waals surface area contributed by atoms with E-state index in [1.54, 1.807) is 12.1 Å². The molecule has 53 heavy (non-hydrogen) atoms. The van der Waals surface area contributed by atoms with Crippen molar-refractivity contribution in [1.82, 2.24) is 26.6 Å². The van der Waals surface area contributed by atoms with E-state index in [0.29, 0.717) is 18.4 Å². The third kappa shape index (κ3) is 13.0. The molecule has 1 aromatic rings.